The first-order valence-electron chi connectivity index (χ1n) is 6.86. The molecule has 2 aromatic rings. The molecule has 1 aliphatic carbocycles. The van der Waals surface area contributed by atoms with Gasteiger partial charge in [0, 0.05) is 12.2 Å². The summed E-state index contributed by atoms with van der Waals surface area (Å²) in [5, 5.41) is 0. The van der Waals surface area contributed by atoms with Crippen LogP contribution in [0.15, 0.2) is 48.5 Å². The predicted molar refractivity (Wildman–Crippen MR) is 74.7 cm³/mol. The van der Waals surface area contributed by atoms with E-state index in [0.717, 1.165) is 6.54 Å². The maximum absolute atomic E-state index is 2.58. The average molecular weight is 235 g/mol. The lowest BCUT2D eigenvalue weighted by Crippen LogP contribution is -2.23. The molecule has 90 valence electrons. The van der Waals surface area contributed by atoms with Crippen LogP contribution in [0.4, 0.5) is 5.69 Å². The minimum absolute atomic E-state index is 0.618. The lowest BCUT2D eigenvalue weighted by molar-refractivity contribution is 0.552. The van der Waals surface area contributed by atoms with Crippen LogP contribution in [-0.4, -0.2) is 0 Å². The molecule has 1 heterocycles. The van der Waals surface area contributed by atoms with Gasteiger partial charge in [0.2, 0.25) is 0 Å². The van der Waals surface area contributed by atoms with E-state index in [1.165, 1.54) is 24.9 Å². The summed E-state index contributed by atoms with van der Waals surface area (Å²) in [4.78, 5) is 2.58. The van der Waals surface area contributed by atoms with Gasteiger partial charge in [-0.2, -0.15) is 0 Å². The smallest absolute Gasteiger partial charge is 0.0552 e. The number of rotatable bonds is 1. The van der Waals surface area contributed by atoms with Crippen molar-refractivity contribution in [3.05, 3.63) is 65.2 Å². The summed E-state index contributed by atoms with van der Waals surface area (Å²) in [5.74, 6) is 0. The van der Waals surface area contributed by atoms with E-state index in [1.807, 2.05) is 0 Å². The Morgan fingerprint density at radius 1 is 0.889 bits per heavy atom. The van der Waals surface area contributed by atoms with Crippen molar-refractivity contribution in [3.8, 4) is 0 Å². The van der Waals surface area contributed by atoms with Crippen molar-refractivity contribution >= 4 is 5.69 Å². The highest BCUT2D eigenvalue weighted by molar-refractivity contribution is 5.57. The largest absolute Gasteiger partial charge is 0.360 e. The molecule has 1 aliphatic heterocycles. The normalized spacial score (nSPS) is 20.9. The van der Waals surface area contributed by atoms with Gasteiger partial charge in [0.25, 0.3) is 0 Å². The van der Waals surface area contributed by atoms with Crippen molar-refractivity contribution in [3.63, 3.8) is 0 Å². The van der Waals surface area contributed by atoms with E-state index in [-0.39, 0.29) is 0 Å². The average Bonchev–Trinajstić information content (AvgIpc) is 2.82. The summed E-state index contributed by atoms with van der Waals surface area (Å²) in [6.45, 7) is 1.08. The molecule has 2 aromatic carbocycles. The molecule has 0 bridgehead atoms. The highest BCUT2D eigenvalue weighted by atomic mass is 15.2. The minimum Gasteiger partial charge on any atom is -0.360 e. The third-order valence-corrected chi connectivity index (χ3v) is 4.35. The maximum Gasteiger partial charge on any atom is 0.0552 e. The molecule has 1 unspecified atom stereocenters. The number of anilines is 1. The van der Waals surface area contributed by atoms with Crippen molar-refractivity contribution in [2.24, 2.45) is 0 Å². The first-order valence-corrected chi connectivity index (χ1v) is 6.86. The molecule has 0 N–H and O–H groups in total. The minimum atomic E-state index is 0.618. The van der Waals surface area contributed by atoms with Crippen LogP contribution >= 0.6 is 0 Å². The molecule has 1 heteroatoms. The summed E-state index contributed by atoms with van der Waals surface area (Å²) in [6, 6.07) is 18.3. The molecule has 1 atom stereocenters. The second kappa shape index (κ2) is 3.88. The fourth-order valence-electron chi connectivity index (χ4n) is 3.58. The van der Waals surface area contributed by atoms with Gasteiger partial charge in [0.1, 0.15) is 0 Å². The first-order chi connectivity index (χ1) is 8.93. The van der Waals surface area contributed by atoms with Crippen molar-refractivity contribution in [1.29, 1.82) is 0 Å². The maximum atomic E-state index is 2.58. The number of aryl methyl sites for hydroxylation is 1. The second-order valence-electron chi connectivity index (χ2n) is 5.36. The van der Waals surface area contributed by atoms with E-state index in [9.17, 15) is 0 Å². The standard InChI is InChI=1S/C17H17N/c1-2-9-15(10-3-1)18-12-14-8-4-6-13-7-5-11-16(18)17(13)14/h1-4,6,8-10,16H,5,7,11-12H2. The fourth-order valence-corrected chi connectivity index (χ4v) is 3.58. The molecule has 18 heavy (non-hydrogen) atoms. The zero-order chi connectivity index (χ0) is 11.9. The highest BCUT2D eigenvalue weighted by Gasteiger charge is 2.33. The Morgan fingerprint density at radius 3 is 2.61 bits per heavy atom. The SMILES string of the molecule is c1ccc(N2Cc3cccc4c3C2CCC4)cc1. The van der Waals surface area contributed by atoms with E-state index in [0.29, 0.717) is 6.04 Å². The van der Waals surface area contributed by atoms with E-state index in [4.69, 9.17) is 0 Å². The number of hydrogen-bond acceptors (Lipinski definition) is 1. The van der Waals surface area contributed by atoms with Crippen LogP contribution in [0.5, 0.6) is 0 Å². The van der Waals surface area contributed by atoms with Crippen molar-refractivity contribution < 1.29 is 0 Å². The third kappa shape index (κ3) is 1.40. The molecule has 4 rings (SSSR count). The molecule has 0 spiro atoms. The van der Waals surface area contributed by atoms with Crippen molar-refractivity contribution in [2.75, 3.05) is 4.90 Å². The molecule has 1 nitrogen and oxygen atoms in total. The number of hydrogen-bond donors (Lipinski definition) is 0. The van der Waals surface area contributed by atoms with Crippen molar-refractivity contribution in [1.82, 2.24) is 0 Å². The van der Waals surface area contributed by atoms with E-state index in [1.54, 1.807) is 16.7 Å². The van der Waals surface area contributed by atoms with Gasteiger partial charge in [0.05, 0.1) is 6.04 Å². The monoisotopic (exact) mass is 235 g/mol. The van der Waals surface area contributed by atoms with Crippen LogP contribution in [0, 0.1) is 0 Å². The topological polar surface area (TPSA) is 3.24 Å². The Hall–Kier alpha value is -1.76. The van der Waals surface area contributed by atoms with Crippen LogP contribution < -0.4 is 4.90 Å². The Balaban J connectivity index is 1.81. The summed E-state index contributed by atoms with van der Waals surface area (Å²) >= 11 is 0. The quantitative estimate of drug-likeness (QED) is 0.719. The van der Waals surface area contributed by atoms with Crippen LogP contribution in [0.3, 0.4) is 0 Å². The van der Waals surface area contributed by atoms with Gasteiger partial charge in [-0.05, 0) is 48.1 Å². The molecule has 0 saturated carbocycles. The molecule has 2 aliphatic rings. The van der Waals surface area contributed by atoms with E-state index < -0.39 is 0 Å². The van der Waals surface area contributed by atoms with Gasteiger partial charge in [-0.1, -0.05) is 36.4 Å². The van der Waals surface area contributed by atoms with Crippen molar-refractivity contribution in [2.45, 2.75) is 31.8 Å². The Morgan fingerprint density at radius 2 is 1.72 bits per heavy atom. The van der Waals surface area contributed by atoms with Gasteiger partial charge in [0.15, 0.2) is 0 Å². The van der Waals surface area contributed by atoms with Crippen LogP contribution in [0.1, 0.15) is 35.6 Å². The van der Waals surface area contributed by atoms with Crippen LogP contribution in [-0.2, 0) is 13.0 Å². The molecule has 0 radical (unpaired) electrons. The summed E-state index contributed by atoms with van der Waals surface area (Å²) in [5.41, 5.74) is 6.13. The Labute approximate surface area is 108 Å². The second-order valence-corrected chi connectivity index (χ2v) is 5.36. The van der Waals surface area contributed by atoms with E-state index in [2.05, 4.69) is 53.4 Å². The number of para-hydroxylation sites is 1. The first kappa shape index (κ1) is 10.2. The lowest BCUT2D eigenvalue weighted by atomic mass is 9.87. The molecule has 0 amide bonds. The Bertz CT molecular complexity index is 573. The third-order valence-electron chi connectivity index (χ3n) is 4.35. The summed E-state index contributed by atoms with van der Waals surface area (Å²) in [6.07, 6.45) is 3.89. The summed E-state index contributed by atoms with van der Waals surface area (Å²) in [7, 11) is 0. The lowest BCUT2D eigenvalue weighted by Gasteiger charge is -2.30. The van der Waals surface area contributed by atoms with Gasteiger partial charge in [-0.15, -0.1) is 0 Å². The fraction of sp³-hybridized carbons (Fsp3) is 0.294. The molecular weight excluding hydrogens is 218 g/mol. The number of benzene rings is 2. The molecule has 0 aromatic heterocycles. The van der Waals surface area contributed by atoms with Crippen LogP contribution in [0.25, 0.3) is 0 Å². The highest BCUT2D eigenvalue weighted by Crippen LogP contribution is 2.44. The zero-order valence-corrected chi connectivity index (χ0v) is 10.5. The molecular formula is C17H17N. The number of nitrogens with zero attached hydrogens (tertiary/aromatic N) is 1. The van der Waals surface area contributed by atoms with E-state index >= 15 is 0 Å². The predicted octanol–water partition coefficient (Wildman–Crippen LogP) is 4.08. The summed E-state index contributed by atoms with van der Waals surface area (Å²) < 4.78 is 0. The Kier molecular flexibility index (Phi) is 2.19. The molecule has 0 saturated heterocycles. The van der Waals surface area contributed by atoms with Gasteiger partial charge < -0.3 is 4.90 Å². The van der Waals surface area contributed by atoms with Crippen LogP contribution in [0.2, 0.25) is 0 Å². The molecule has 0 fully saturated rings. The van der Waals surface area contributed by atoms with Gasteiger partial charge >= 0.3 is 0 Å². The van der Waals surface area contributed by atoms with Gasteiger partial charge in [-0.3, -0.25) is 0 Å². The zero-order valence-electron chi connectivity index (χ0n) is 10.5. The van der Waals surface area contributed by atoms with Gasteiger partial charge in [-0.25, -0.2) is 0 Å².